The van der Waals surface area contributed by atoms with Crippen molar-refractivity contribution in [2.75, 3.05) is 33.9 Å². The molecule has 0 saturated heterocycles. The highest BCUT2D eigenvalue weighted by atomic mass is 28.4. The summed E-state index contributed by atoms with van der Waals surface area (Å²) in [5.74, 6) is 0. The molecule has 0 saturated carbocycles. The molecule has 0 aliphatic carbocycles. The Morgan fingerprint density at radius 3 is 1.53 bits per heavy atom. The Labute approximate surface area is 118 Å². The molecule has 1 aromatic rings. The second-order valence-corrected chi connectivity index (χ2v) is 6.28. The molecule has 110 valence electrons. The van der Waals surface area contributed by atoms with Crippen molar-refractivity contribution in [2.24, 2.45) is 0 Å². The van der Waals surface area contributed by atoms with Gasteiger partial charge in [-0.15, -0.1) is 0 Å². The second-order valence-electron chi connectivity index (χ2n) is 3.72. The molecule has 1 N–H and O–H groups in total. The lowest BCUT2D eigenvalue weighted by Gasteiger charge is -2.28. The van der Waals surface area contributed by atoms with Gasteiger partial charge in [0.05, 0.1) is 0 Å². The van der Waals surface area contributed by atoms with Crippen molar-refractivity contribution in [3.8, 4) is 0 Å². The molecule has 0 amide bonds. The Morgan fingerprint density at radius 2 is 1.21 bits per heavy atom. The van der Waals surface area contributed by atoms with Crippen LogP contribution in [0.1, 0.15) is 20.8 Å². The molecule has 0 aromatic heterocycles. The Bertz CT molecular complexity index is 292. The average molecular weight is 285 g/mol. The number of rotatable bonds is 7. The monoisotopic (exact) mass is 285 g/mol. The lowest BCUT2D eigenvalue weighted by molar-refractivity contribution is 0.0859. The minimum Gasteiger partial charge on any atom is -0.370 e. The third-order valence-electron chi connectivity index (χ3n) is 2.13. The van der Waals surface area contributed by atoms with E-state index in [1.165, 1.54) is 0 Å². The van der Waals surface area contributed by atoms with E-state index in [4.69, 9.17) is 13.3 Å². The van der Waals surface area contributed by atoms with Crippen molar-refractivity contribution < 1.29 is 13.3 Å². The first kappa shape index (κ1) is 18.3. The largest absolute Gasteiger partial charge is 0.537 e. The molecule has 0 unspecified atom stereocenters. The van der Waals surface area contributed by atoms with Crippen molar-refractivity contribution in [2.45, 2.75) is 20.8 Å². The fourth-order valence-electron chi connectivity index (χ4n) is 1.59. The van der Waals surface area contributed by atoms with Crippen LogP contribution in [-0.2, 0) is 13.3 Å². The molecule has 4 nitrogen and oxygen atoms in total. The van der Waals surface area contributed by atoms with E-state index in [1.54, 1.807) is 0 Å². The number of benzene rings is 1. The summed E-state index contributed by atoms with van der Waals surface area (Å²) in [5, 5.41) is 3.78. The van der Waals surface area contributed by atoms with Crippen LogP contribution < -0.4 is 10.5 Å². The van der Waals surface area contributed by atoms with Crippen LogP contribution in [0.2, 0.25) is 0 Å². The summed E-state index contributed by atoms with van der Waals surface area (Å²) < 4.78 is 17.4. The zero-order valence-electron chi connectivity index (χ0n) is 12.7. The van der Waals surface area contributed by atoms with Crippen LogP contribution >= 0.6 is 0 Å². The van der Waals surface area contributed by atoms with Crippen LogP contribution in [0.15, 0.2) is 30.3 Å². The predicted molar refractivity (Wildman–Crippen MR) is 81.7 cm³/mol. The van der Waals surface area contributed by atoms with Gasteiger partial charge in [-0.2, -0.15) is 0 Å². The molecule has 0 aliphatic rings. The molecular formula is C14H27NO3Si. The minimum absolute atomic E-state index is 0.598. The van der Waals surface area contributed by atoms with Crippen molar-refractivity contribution in [1.29, 1.82) is 0 Å². The topological polar surface area (TPSA) is 39.7 Å². The van der Waals surface area contributed by atoms with E-state index in [9.17, 15) is 0 Å². The van der Waals surface area contributed by atoms with Gasteiger partial charge in [0, 0.05) is 25.0 Å². The summed E-state index contributed by atoms with van der Waals surface area (Å²) >= 11 is 0. The van der Waals surface area contributed by atoms with E-state index >= 15 is 0 Å². The zero-order chi connectivity index (χ0) is 14.6. The van der Waals surface area contributed by atoms with Gasteiger partial charge in [-0.25, -0.2) is 0 Å². The van der Waals surface area contributed by atoms with E-state index in [0.717, 1.165) is 5.19 Å². The molecule has 0 bridgehead atoms. The van der Waals surface area contributed by atoms with E-state index in [1.807, 2.05) is 65.2 Å². The fraction of sp³-hybridized carbons (Fsp3) is 0.571. The van der Waals surface area contributed by atoms with Gasteiger partial charge in [-0.05, 0) is 34.9 Å². The van der Waals surface area contributed by atoms with E-state index < -0.39 is 8.80 Å². The normalized spacial score (nSPS) is 10.8. The molecule has 0 spiro atoms. The Morgan fingerprint density at radius 1 is 0.842 bits per heavy atom. The van der Waals surface area contributed by atoms with Crippen LogP contribution in [0.5, 0.6) is 0 Å². The maximum Gasteiger partial charge on any atom is 0.537 e. The van der Waals surface area contributed by atoms with Crippen LogP contribution in [0, 0.1) is 0 Å². The van der Waals surface area contributed by atoms with E-state index in [-0.39, 0.29) is 0 Å². The van der Waals surface area contributed by atoms with Crippen molar-refractivity contribution in [3.05, 3.63) is 30.3 Å². The second kappa shape index (κ2) is 11.1. The molecule has 1 aromatic carbocycles. The van der Waals surface area contributed by atoms with Gasteiger partial charge in [0.1, 0.15) is 0 Å². The molecule has 0 aliphatic heterocycles. The highest BCUT2D eigenvalue weighted by Gasteiger charge is 2.42. The lowest BCUT2D eigenvalue weighted by atomic mass is 10.4. The average Bonchev–Trinajstić information content (AvgIpc) is 2.41. The highest BCUT2D eigenvalue weighted by molar-refractivity contribution is 6.75. The molecular weight excluding hydrogens is 258 g/mol. The van der Waals surface area contributed by atoms with E-state index in [2.05, 4.69) is 5.32 Å². The van der Waals surface area contributed by atoms with Gasteiger partial charge >= 0.3 is 8.80 Å². The van der Waals surface area contributed by atoms with Gasteiger partial charge in [-0.3, -0.25) is 0 Å². The summed E-state index contributed by atoms with van der Waals surface area (Å²) in [5.41, 5.74) is 0. The van der Waals surface area contributed by atoms with E-state index in [0.29, 0.717) is 19.8 Å². The lowest BCUT2D eigenvalue weighted by Crippen LogP contribution is -2.56. The smallest absolute Gasteiger partial charge is 0.370 e. The number of hydrogen-bond acceptors (Lipinski definition) is 4. The molecule has 0 atom stereocenters. The zero-order valence-corrected chi connectivity index (χ0v) is 13.7. The van der Waals surface area contributed by atoms with Gasteiger partial charge in [0.25, 0.3) is 0 Å². The minimum atomic E-state index is -2.67. The fourth-order valence-corrected chi connectivity index (χ4v) is 4.08. The van der Waals surface area contributed by atoms with Gasteiger partial charge in [0.2, 0.25) is 0 Å². The van der Waals surface area contributed by atoms with Crippen molar-refractivity contribution in [3.63, 3.8) is 0 Å². The van der Waals surface area contributed by atoms with Crippen LogP contribution in [0.3, 0.4) is 0 Å². The summed E-state index contributed by atoms with van der Waals surface area (Å²) in [6.45, 7) is 7.68. The van der Waals surface area contributed by atoms with Crippen LogP contribution in [0.25, 0.3) is 0 Å². The first-order chi connectivity index (χ1) is 9.20. The molecule has 19 heavy (non-hydrogen) atoms. The standard InChI is InChI=1S/C12H20O3Si.C2H7N/c1-4-13-16(14-5-2,15-6-3)12-10-8-7-9-11-12;1-3-2/h7-11H,4-6H2,1-3H3;3H,1-2H3. The Hall–Kier alpha value is -0.723. The van der Waals surface area contributed by atoms with Crippen LogP contribution in [-0.4, -0.2) is 42.7 Å². The first-order valence-electron chi connectivity index (χ1n) is 6.76. The Balaban J connectivity index is 0.000000982. The van der Waals surface area contributed by atoms with Crippen molar-refractivity contribution >= 4 is 14.0 Å². The molecule has 0 fully saturated rings. The number of nitrogens with one attached hydrogen (secondary N) is 1. The predicted octanol–water partition coefficient (Wildman–Crippen LogP) is 1.78. The highest BCUT2D eigenvalue weighted by Crippen LogP contribution is 2.10. The van der Waals surface area contributed by atoms with Crippen molar-refractivity contribution in [1.82, 2.24) is 5.32 Å². The summed E-state index contributed by atoms with van der Waals surface area (Å²) in [6, 6.07) is 9.95. The van der Waals surface area contributed by atoms with Crippen LogP contribution in [0.4, 0.5) is 0 Å². The first-order valence-corrected chi connectivity index (χ1v) is 8.49. The summed E-state index contributed by atoms with van der Waals surface area (Å²) in [4.78, 5) is 0. The molecule has 0 radical (unpaired) electrons. The third-order valence-corrected chi connectivity index (χ3v) is 5.18. The maximum absolute atomic E-state index is 5.79. The molecule has 5 heteroatoms. The molecule has 1 rings (SSSR count). The quantitative estimate of drug-likeness (QED) is 0.775. The van der Waals surface area contributed by atoms with Gasteiger partial charge in [-0.1, -0.05) is 30.3 Å². The maximum atomic E-state index is 5.79. The SMILES string of the molecule is CCO[Si](OCC)(OCC)c1ccccc1.CNC. The number of hydrogen-bond donors (Lipinski definition) is 1. The van der Waals surface area contributed by atoms with Gasteiger partial charge in [0.15, 0.2) is 0 Å². The van der Waals surface area contributed by atoms with Gasteiger partial charge < -0.3 is 18.6 Å². The molecule has 0 heterocycles. The summed E-state index contributed by atoms with van der Waals surface area (Å²) in [7, 11) is 1.08. The summed E-state index contributed by atoms with van der Waals surface area (Å²) in [6.07, 6.45) is 0. The Kier molecular flexibility index (Phi) is 10.7. The third kappa shape index (κ3) is 6.31.